The van der Waals surface area contributed by atoms with Crippen LogP contribution in [0.5, 0.6) is 0 Å². The molecule has 0 radical (unpaired) electrons. The number of primary amides is 2. The van der Waals surface area contributed by atoms with Crippen molar-refractivity contribution in [2.24, 2.45) is 17.4 Å². The Kier molecular flexibility index (Phi) is 6.33. The van der Waals surface area contributed by atoms with Gasteiger partial charge < -0.3 is 16.4 Å². The number of carbonyl (C=O) groups excluding carboxylic acids is 2. The predicted molar refractivity (Wildman–Crippen MR) is 91.0 cm³/mol. The lowest BCUT2D eigenvalue weighted by Gasteiger charge is -2.31. The van der Waals surface area contributed by atoms with Crippen LogP contribution in [0.4, 0.5) is 0 Å². The van der Waals surface area contributed by atoms with Crippen molar-refractivity contribution in [3.63, 3.8) is 0 Å². The summed E-state index contributed by atoms with van der Waals surface area (Å²) < 4.78 is 26.9. The standard InChI is InChI=1S/C14H22N4O4S2/c15-13(19)10-3-1-5-18(8-10)6-2-4-17-24(21,22)12-7-11(9-23-12)14(16)20/h7,9-10,17H,1-6,8H2,(H2,15,19)(H2,16,20)/t10-/m1/s1. The summed E-state index contributed by atoms with van der Waals surface area (Å²) in [7, 11) is -3.63. The molecule has 8 nitrogen and oxygen atoms in total. The zero-order valence-corrected chi connectivity index (χ0v) is 14.9. The number of amides is 2. The van der Waals surface area contributed by atoms with Gasteiger partial charge in [0.25, 0.3) is 0 Å². The second-order valence-corrected chi connectivity index (χ2v) is 8.72. The van der Waals surface area contributed by atoms with Crippen molar-refractivity contribution >= 4 is 33.2 Å². The number of nitrogens with two attached hydrogens (primary N) is 2. The Bertz CT molecular complexity index is 701. The Morgan fingerprint density at radius 2 is 2.12 bits per heavy atom. The number of thiophene rings is 1. The monoisotopic (exact) mass is 374 g/mol. The number of carbonyl (C=O) groups is 2. The summed E-state index contributed by atoms with van der Waals surface area (Å²) >= 11 is 0.961. The predicted octanol–water partition coefficient (Wildman–Crippen LogP) is -0.287. The molecule has 2 heterocycles. The molecule has 1 aromatic rings. The molecule has 0 unspecified atom stereocenters. The Hall–Kier alpha value is -1.49. The number of nitrogens with one attached hydrogen (secondary N) is 1. The van der Waals surface area contributed by atoms with Gasteiger partial charge in [0.2, 0.25) is 21.8 Å². The molecular formula is C14H22N4O4S2. The summed E-state index contributed by atoms with van der Waals surface area (Å²) in [6.07, 6.45) is 2.36. The van der Waals surface area contributed by atoms with Crippen molar-refractivity contribution in [1.29, 1.82) is 0 Å². The highest BCUT2D eigenvalue weighted by Crippen LogP contribution is 2.20. The first-order valence-corrected chi connectivity index (χ1v) is 10.1. The minimum absolute atomic E-state index is 0.0723. The first kappa shape index (κ1) is 18.8. The van der Waals surface area contributed by atoms with E-state index in [0.29, 0.717) is 19.5 Å². The van der Waals surface area contributed by atoms with E-state index in [4.69, 9.17) is 11.5 Å². The molecule has 1 aliphatic heterocycles. The van der Waals surface area contributed by atoms with E-state index in [2.05, 4.69) is 9.62 Å². The smallest absolute Gasteiger partial charge is 0.250 e. The maximum absolute atomic E-state index is 12.1. The molecule has 1 aliphatic rings. The lowest BCUT2D eigenvalue weighted by atomic mass is 9.97. The molecular weight excluding hydrogens is 352 g/mol. The number of nitrogens with zero attached hydrogens (tertiary/aromatic N) is 1. The molecule has 0 spiro atoms. The zero-order chi connectivity index (χ0) is 17.7. The first-order chi connectivity index (χ1) is 11.3. The van der Waals surface area contributed by atoms with Gasteiger partial charge in [0.05, 0.1) is 11.5 Å². The highest BCUT2D eigenvalue weighted by molar-refractivity contribution is 7.91. The van der Waals surface area contributed by atoms with E-state index in [-0.39, 0.29) is 28.1 Å². The van der Waals surface area contributed by atoms with Crippen molar-refractivity contribution in [3.05, 3.63) is 17.0 Å². The number of sulfonamides is 1. The van der Waals surface area contributed by atoms with Crippen LogP contribution >= 0.6 is 11.3 Å². The van der Waals surface area contributed by atoms with Gasteiger partial charge in [-0.3, -0.25) is 9.59 Å². The van der Waals surface area contributed by atoms with Crippen LogP contribution in [0.3, 0.4) is 0 Å². The fourth-order valence-electron chi connectivity index (χ4n) is 2.66. The summed E-state index contributed by atoms with van der Waals surface area (Å²) in [5.41, 5.74) is 10.6. The number of hydrogen-bond donors (Lipinski definition) is 3. The summed E-state index contributed by atoms with van der Waals surface area (Å²) in [5, 5.41) is 1.43. The maximum atomic E-state index is 12.1. The second-order valence-electron chi connectivity index (χ2n) is 5.81. The molecule has 1 saturated heterocycles. The van der Waals surface area contributed by atoms with E-state index in [0.717, 1.165) is 30.7 Å². The largest absolute Gasteiger partial charge is 0.369 e. The summed E-state index contributed by atoms with van der Waals surface area (Å²) in [6.45, 7) is 2.51. The van der Waals surface area contributed by atoms with Crippen LogP contribution in [-0.2, 0) is 14.8 Å². The van der Waals surface area contributed by atoms with Crippen molar-refractivity contribution in [1.82, 2.24) is 9.62 Å². The van der Waals surface area contributed by atoms with E-state index in [1.54, 1.807) is 0 Å². The quantitative estimate of drug-likeness (QED) is 0.537. The third-order valence-corrected chi connectivity index (χ3v) is 6.88. The lowest BCUT2D eigenvalue weighted by Crippen LogP contribution is -2.42. The van der Waals surface area contributed by atoms with Gasteiger partial charge in [-0.25, -0.2) is 13.1 Å². The molecule has 24 heavy (non-hydrogen) atoms. The molecule has 0 aromatic carbocycles. The van der Waals surface area contributed by atoms with E-state index in [1.165, 1.54) is 11.4 Å². The van der Waals surface area contributed by atoms with Crippen molar-refractivity contribution in [2.75, 3.05) is 26.2 Å². The summed E-state index contributed by atoms with van der Waals surface area (Å²) in [4.78, 5) is 24.4. The Morgan fingerprint density at radius 3 is 2.75 bits per heavy atom. The Morgan fingerprint density at radius 1 is 1.38 bits per heavy atom. The SMILES string of the molecule is NC(=O)c1csc(S(=O)(=O)NCCCN2CCC[C@@H](C(N)=O)C2)c1. The maximum Gasteiger partial charge on any atom is 0.250 e. The zero-order valence-electron chi connectivity index (χ0n) is 13.2. The lowest BCUT2D eigenvalue weighted by molar-refractivity contribution is -0.123. The molecule has 1 fully saturated rings. The number of rotatable bonds is 8. The first-order valence-electron chi connectivity index (χ1n) is 7.69. The highest BCUT2D eigenvalue weighted by atomic mass is 32.2. The number of piperidine rings is 1. The van der Waals surface area contributed by atoms with Gasteiger partial charge in [0.15, 0.2) is 0 Å². The van der Waals surface area contributed by atoms with Crippen LogP contribution in [0.2, 0.25) is 0 Å². The Labute approximate surface area is 145 Å². The highest BCUT2D eigenvalue weighted by Gasteiger charge is 2.23. The average molecular weight is 374 g/mol. The molecule has 134 valence electrons. The van der Waals surface area contributed by atoms with Crippen LogP contribution in [0, 0.1) is 5.92 Å². The minimum atomic E-state index is -3.63. The van der Waals surface area contributed by atoms with Crippen LogP contribution in [0.25, 0.3) is 0 Å². The van der Waals surface area contributed by atoms with E-state index in [1.807, 2.05) is 0 Å². The number of likely N-dealkylation sites (tertiary alicyclic amines) is 1. The normalized spacial score (nSPS) is 19.2. The second kappa shape index (κ2) is 8.06. The van der Waals surface area contributed by atoms with E-state index >= 15 is 0 Å². The fourth-order valence-corrected chi connectivity index (χ4v) is 4.95. The van der Waals surface area contributed by atoms with E-state index < -0.39 is 15.9 Å². The third kappa shape index (κ3) is 5.00. The van der Waals surface area contributed by atoms with Gasteiger partial charge in [-0.1, -0.05) is 0 Å². The van der Waals surface area contributed by atoms with Gasteiger partial charge in [-0.05, 0) is 38.4 Å². The van der Waals surface area contributed by atoms with Crippen LogP contribution in [0.1, 0.15) is 29.6 Å². The molecule has 2 amide bonds. The van der Waals surface area contributed by atoms with Crippen LogP contribution < -0.4 is 16.2 Å². The molecule has 0 aliphatic carbocycles. The third-order valence-electron chi connectivity index (χ3n) is 3.98. The van der Waals surface area contributed by atoms with Gasteiger partial charge in [0, 0.05) is 18.5 Å². The van der Waals surface area contributed by atoms with Gasteiger partial charge in [-0.15, -0.1) is 11.3 Å². The molecule has 5 N–H and O–H groups in total. The van der Waals surface area contributed by atoms with Gasteiger partial charge in [0.1, 0.15) is 4.21 Å². The Balaban J connectivity index is 1.78. The number of hydrogen-bond acceptors (Lipinski definition) is 6. The average Bonchev–Trinajstić information content (AvgIpc) is 3.03. The molecule has 0 bridgehead atoms. The summed E-state index contributed by atoms with van der Waals surface area (Å²) in [6, 6.07) is 1.28. The van der Waals surface area contributed by atoms with E-state index in [9.17, 15) is 18.0 Å². The van der Waals surface area contributed by atoms with Gasteiger partial charge in [-0.2, -0.15) is 0 Å². The topological polar surface area (TPSA) is 136 Å². The molecule has 10 heteroatoms. The van der Waals surface area contributed by atoms with Gasteiger partial charge >= 0.3 is 0 Å². The van der Waals surface area contributed by atoms with Crippen molar-refractivity contribution in [2.45, 2.75) is 23.5 Å². The molecule has 1 atom stereocenters. The molecule has 0 saturated carbocycles. The molecule has 2 rings (SSSR count). The molecule has 1 aromatic heterocycles. The summed E-state index contributed by atoms with van der Waals surface area (Å²) in [5.74, 6) is -1.04. The van der Waals surface area contributed by atoms with Crippen molar-refractivity contribution in [3.8, 4) is 0 Å². The van der Waals surface area contributed by atoms with Crippen molar-refractivity contribution < 1.29 is 18.0 Å². The van der Waals surface area contributed by atoms with Crippen LogP contribution in [0.15, 0.2) is 15.7 Å². The van der Waals surface area contributed by atoms with Crippen LogP contribution in [-0.4, -0.2) is 51.3 Å². The fraction of sp³-hybridized carbons (Fsp3) is 0.571. The minimum Gasteiger partial charge on any atom is -0.369 e.